The van der Waals surface area contributed by atoms with Gasteiger partial charge in [-0.2, -0.15) is 0 Å². The van der Waals surface area contributed by atoms with Crippen LogP contribution in [0.1, 0.15) is 5.56 Å². The molecule has 1 aromatic rings. The van der Waals surface area contributed by atoms with Crippen molar-refractivity contribution in [2.75, 3.05) is 25.1 Å². The first-order valence-corrected chi connectivity index (χ1v) is 6.39. The zero-order valence-corrected chi connectivity index (χ0v) is 12.0. The number of aryl methyl sites for hydroxylation is 1. The Bertz CT molecular complexity index is 465. The van der Waals surface area contributed by atoms with E-state index in [1.807, 2.05) is 25.1 Å². The lowest BCUT2D eigenvalue weighted by molar-refractivity contribution is -0.142. The Labute approximate surface area is 119 Å². The molecule has 7 heteroatoms. The third kappa shape index (κ3) is 6.21. The molecule has 1 aromatic carbocycles. The second kappa shape index (κ2) is 7.75. The van der Waals surface area contributed by atoms with Gasteiger partial charge in [-0.15, -0.1) is 0 Å². The number of carboxylic acid groups (broad SMARTS) is 1. The standard InChI is InChI=1S/C12H15BrN2O4/c1-8-2-3-9(13)10(6-8)15-12(18)14-4-5-19-7-11(16)17/h2-3,6H,4-5,7H2,1H3,(H,16,17)(H2,14,15,18). The second-order valence-electron chi connectivity index (χ2n) is 3.81. The highest BCUT2D eigenvalue weighted by Crippen LogP contribution is 2.22. The first-order chi connectivity index (χ1) is 8.99. The summed E-state index contributed by atoms with van der Waals surface area (Å²) in [6.45, 7) is 1.94. The number of rotatable bonds is 6. The van der Waals surface area contributed by atoms with Crippen molar-refractivity contribution in [2.45, 2.75) is 6.92 Å². The molecule has 104 valence electrons. The van der Waals surface area contributed by atoms with Gasteiger partial charge >= 0.3 is 12.0 Å². The molecule has 0 unspecified atom stereocenters. The summed E-state index contributed by atoms with van der Waals surface area (Å²) in [4.78, 5) is 21.7. The van der Waals surface area contributed by atoms with Gasteiger partial charge < -0.3 is 20.5 Å². The number of halogens is 1. The molecular formula is C12H15BrN2O4. The summed E-state index contributed by atoms with van der Waals surface area (Å²) in [5.74, 6) is -1.03. The van der Waals surface area contributed by atoms with Crippen LogP contribution in [0, 0.1) is 6.92 Å². The third-order valence-corrected chi connectivity index (χ3v) is 2.82. The predicted molar refractivity (Wildman–Crippen MR) is 74.4 cm³/mol. The van der Waals surface area contributed by atoms with Crippen LogP contribution in [0.3, 0.4) is 0 Å². The number of hydrogen-bond acceptors (Lipinski definition) is 3. The van der Waals surface area contributed by atoms with Gasteiger partial charge in [-0.05, 0) is 40.5 Å². The van der Waals surface area contributed by atoms with Gasteiger partial charge in [-0.25, -0.2) is 9.59 Å². The Balaban J connectivity index is 2.31. The van der Waals surface area contributed by atoms with Gasteiger partial charge in [0.25, 0.3) is 0 Å². The number of nitrogens with one attached hydrogen (secondary N) is 2. The van der Waals surface area contributed by atoms with E-state index in [4.69, 9.17) is 9.84 Å². The molecule has 0 aliphatic rings. The minimum atomic E-state index is -1.03. The number of carboxylic acids is 1. The van der Waals surface area contributed by atoms with Crippen LogP contribution in [0.4, 0.5) is 10.5 Å². The summed E-state index contributed by atoms with van der Waals surface area (Å²) in [7, 11) is 0. The van der Waals surface area contributed by atoms with Gasteiger partial charge in [-0.1, -0.05) is 6.07 Å². The van der Waals surface area contributed by atoms with Gasteiger partial charge in [-0.3, -0.25) is 0 Å². The van der Waals surface area contributed by atoms with Gasteiger partial charge in [0.05, 0.1) is 12.3 Å². The largest absolute Gasteiger partial charge is 0.480 e. The van der Waals surface area contributed by atoms with Crippen LogP contribution in [-0.4, -0.2) is 36.9 Å². The van der Waals surface area contributed by atoms with Crippen molar-refractivity contribution in [3.05, 3.63) is 28.2 Å². The summed E-state index contributed by atoms with van der Waals surface area (Å²) < 4.78 is 5.57. The molecule has 0 spiro atoms. The highest BCUT2D eigenvalue weighted by molar-refractivity contribution is 9.10. The van der Waals surface area contributed by atoms with Crippen LogP contribution in [0.2, 0.25) is 0 Å². The van der Waals surface area contributed by atoms with Crippen molar-refractivity contribution >= 4 is 33.6 Å². The maximum absolute atomic E-state index is 11.6. The van der Waals surface area contributed by atoms with Gasteiger partial charge in [0.2, 0.25) is 0 Å². The third-order valence-electron chi connectivity index (χ3n) is 2.13. The molecule has 6 nitrogen and oxygen atoms in total. The first kappa shape index (κ1) is 15.5. The van der Waals surface area contributed by atoms with Crippen LogP contribution in [0.15, 0.2) is 22.7 Å². The number of benzene rings is 1. The summed E-state index contributed by atoms with van der Waals surface area (Å²) in [6.07, 6.45) is 0. The topological polar surface area (TPSA) is 87.7 Å². The van der Waals surface area contributed by atoms with E-state index < -0.39 is 5.97 Å². The fourth-order valence-electron chi connectivity index (χ4n) is 1.30. The number of anilines is 1. The van der Waals surface area contributed by atoms with Crippen molar-refractivity contribution < 1.29 is 19.4 Å². The highest BCUT2D eigenvalue weighted by Gasteiger charge is 2.05. The molecule has 2 amide bonds. The lowest BCUT2D eigenvalue weighted by atomic mass is 10.2. The Morgan fingerprint density at radius 1 is 1.42 bits per heavy atom. The average molecular weight is 331 g/mol. The van der Waals surface area contributed by atoms with Crippen molar-refractivity contribution in [1.82, 2.24) is 5.32 Å². The van der Waals surface area contributed by atoms with Crippen molar-refractivity contribution in [1.29, 1.82) is 0 Å². The van der Waals surface area contributed by atoms with E-state index in [1.165, 1.54) is 0 Å². The zero-order chi connectivity index (χ0) is 14.3. The van der Waals surface area contributed by atoms with Crippen LogP contribution in [0.5, 0.6) is 0 Å². The smallest absolute Gasteiger partial charge is 0.329 e. The second-order valence-corrected chi connectivity index (χ2v) is 4.66. The summed E-state index contributed by atoms with van der Waals surface area (Å²) in [6, 6.07) is 5.24. The highest BCUT2D eigenvalue weighted by atomic mass is 79.9. The number of urea groups is 1. The molecule has 0 saturated heterocycles. The Morgan fingerprint density at radius 3 is 2.84 bits per heavy atom. The number of ether oxygens (including phenoxy) is 1. The first-order valence-electron chi connectivity index (χ1n) is 5.59. The Morgan fingerprint density at radius 2 is 2.16 bits per heavy atom. The molecule has 19 heavy (non-hydrogen) atoms. The molecule has 0 aliphatic carbocycles. The summed E-state index contributed by atoms with van der Waals surface area (Å²) >= 11 is 3.34. The summed E-state index contributed by atoms with van der Waals surface area (Å²) in [5, 5.41) is 13.6. The Hall–Kier alpha value is -1.60. The average Bonchev–Trinajstić information content (AvgIpc) is 2.33. The molecule has 0 radical (unpaired) electrons. The van der Waals surface area contributed by atoms with Crippen LogP contribution in [-0.2, 0) is 9.53 Å². The van der Waals surface area contributed by atoms with Gasteiger partial charge in [0.15, 0.2) is 0 Å². The van der Waals surface area contributed by atoms with Gasteiger partial charge in [0, 0.05) is 11.0 Å². The van der Waals surface area contributed by atoms with E-state index >= 15 is 0 Å². The number of aliphatic carboxylic acids is 1. The van der Waals surface area contributed by atoms with E-state index in [0.717, 1.165) is 10.0 Å². The molecule has 0 aromatic heterocycles. The minimum absolute atomic E-state index is 0.148. The van der Waals surface area contributed by atoms with Crippen molar-refractivity contribution in [3.8, 4) is 0 Å². The fraction of sp³-hybridized carbons (Fsp3) is 0.333. The van der Waals surface area contributed by atoms with Crippen molar-refractivity contribution in [3.63, 3.8) is 0 Å². The zero-order valence-electron chi connectivity index (χ0n) is 10.4. The SMILES string of the molecule is Cc1ccc(Br)c(NC(=O)NCCOCC(=O)O)c1. The van der Waals surface area contributed by atoms with Crippen LogP contribution >= 0.6 is 15.9 Å². The van der Waals surface area contributed by atoms with Crippen molar-refractivity contribution in [2.24, 2.45) is 0 Å². The maximum atomic E-state index is 11.6. The molecule has 0 heterocycles. The molecule has 0 bridgehead atoms. The van der Waals surface area contributed by atoms with Crippen LogP contribution in [0.25, 0.3) is 0 Å². The Kier molecular flexibility index (Phi) is 6.31. The molecule has 3 N–H and O–H groups in total. The summed E-state index contributed by atoms with van der Waals surface area (Å²) in [5.41, 5.74) is 1.70. The van der Waals surface area contributed by atoms with E-state index in [0.29, 0.717) is 5.69 Å². The lowest BCUT2D eigenvalue weighted by Gasteiger charge is -2.09. The van der Waals surface area contributed by atoms with Crippen LogP contribution < -0.4 is 10.6 Å². The van der Waals surface area contributed by atoms with E-state index in [9.17, 15) is 9.59 Å². The lowest BCUT2D eigenvalue weighted by Crippen LogP contribution is -2.32. The monoisotopic (exact) mass is 330 g/mol. The molecule has 0 fully saturated rings. The number of carbonyl (C=O) groups is 2. The quantitative estimate of drug-likeness (QED) is 0.696. The van der Waals surface area contributed by atoms with E-state index in [1.54, 1.807) is 0 Å². The van der Waals surface area contributed by atoms with Gasteiger partial charge in [0.1, 0.15) is 6.61 Å². The molecule has 0 atom stereocenters. The molecule has 0 aliphatic heterocycles. The molecular weight excluding hydrogens is 316 g/mol. The number of carbonyl (C=O) groups excluding carboxylic acids is 1. The van der Waals surface area contributed by atoms with E-state index in [-0.39, 0.29) is 25.8 Å². The molecule has 0 saturated carbocycles. The van der Waals surface area contributed by atoms with E-state index in [2.05, 4.69) is 26.6 Å². The number of hydrogen-bond donors (Lipinski definition) is 3. The maximum Gasteiger partial charge on any atom is 0.329 e. The predicted octanol–water partition coefficient (Wildman–Crippen LogP) is 1.98. The minimum Gasteiger partial charge on any atom is -0.480 e. The molecule has 1 rings (SSSR count). The number of amides is 2. The fourth-order valence-corrected chi connectivity index (χ4v) is 1.64. The normalized spacial score (nSPS) is 10.0.